The molecule has 30 heavy (non-hydrogen) atoms. The van der Waals surface area contributed by atoms with Gasteiger partial charge >= 0.3 is 0 Å². The minimum atomic E-state index is 0.336. The van der Waals surface area contributed by atoms with E-state index in [1.54, 1.807) is 0 Å². The van der Waals surface area contributed by atoms with E-state index < -0.39 is 0 Å². The first-order valence-electron chi connectivity index (χ1n) is 11.3. The lowest BCUT2D eigenvalue weighted by atomic mass is 9.75. The summed E-state index contributed by atoms with van der Waals surface area (Å²) < 4.78 is 11.6. The Balaban J connectivity index is 1.39. The second kappa shape index (κ2) is 9.84. The Morgan fingerprint density at radius 2 is 1.50 bits per heavy atom. The van der Waals surface area contributed by atoms with E-state index in [2.05, 4.69) is 42.5 Å². The summed E-state index contributed by atoms with van der Waals surface area (Å²) in [5.41, 5.74) is 3.18. The molecule has 0 amide bonds. The molecule has 4 rings (SSSR count). The molecule has 3 aromatic carbocycles. The van der Waals surface area contributed by atoms with Gasteiger partial charge in [0.25, 0.3) is 0 Å². The first-order valence-corrected chi connectivity index (χ1v) is 11.3. The standard InChI is InChI=1S/C28H32O2/c1-2-29-25-17-15-24(16-18-25)28(19-6-7-20-28)21-9-11-23-10-8-14-27(22-23)30-26-12-4-3-5-13-26/h3-5,8,10,12-18,22H,2,6-7,9,11,19-21H2,1H3. The molecule has 0 atom stereocenters. The number of benzene rings is 3. The Morgan fingerprint density at radius 1 is 0.767 bits per heavy atom. The van der Waals surface area contributed by atoms with Crippen LogP contribution in [-0.2, 0) is 11.8 Å². The van der Waals surface area contributed by atoms with Crippen LogP contribution in [0.3, 0.4) is 0 Å². The Kier molecular flexibility index (Phi) is 6.74. The van der Waals surface area contributed by atoms with Gasteiger partial charge in [-0.3, -0.25) is 0 Å². The molecule has 1 saturated carbocycles. The predicted octanol–water partition coefficient (Wildman–Crippen LogP) is 7.71. The van der Waals surface area contributed by atoms with Crippen LogP contribution in [0.1, 0.15) is 56.6 Å². The summed E-state index contributed by atoms with van der Waals surface area (Å²) >= 11 is 0. The Labute approximate surface area is 180 Å². The first kappa shape index (κ1) is 20.5. The van der Waals surface area contributed by atoms with Gasteiger partial charge in [0, 0.05) is 0 Å². The Morgan fingerprint density at radius 3 is 2.23 bits per heavy atom. The molecule has 2 heteroatoms. The lowest BCUT2D eigenvalue weighted by Gasteiger charge is -2.30. The average Bonchev–Trinajstić information content (AvgIpc) is 3.26. The van der Waals surface area contributed by atoms with Gasteiger partial charge in [-0.05, 0) is 92.0 Å². The first-order chi connectivity index (χ1) is 14.8. The summed E-state index contributed by atoms with van der Waals surface area (Å²) in [4.78, 5) is 0. The maximum Gasteiger partial charge on any atom is 0.127 e. The summed E-state index contributed by atoms with van der Waals surface area (Å²) in [7, 11) is 0. The van der Waals surface area contributed by atoms with Crippen molar-refractivity contribution in [2.75, 3.05) is 6.61 Å². The third kappa shape index (κ3) is 5.05. The zero-order valence-electron chi connectivity index (χ0n) is 18.0. The minimum absolute atomic E-state index is 0.336. The molecule has 156 valence electrons. The minimum Gasteiger partial charge on any atom is -0.494 e. The molecule has 1 fully saturated rings. The van der Waals surface area contributed by atoms with Gasteiger partial charge in [-0.2, -0.15) is 0 Å². The Bertz CT molecular complexity index is 909. The molecule has 0 N–H and O–H groups in total. The fraction of sp³-hybridized carbons (Fsp3) is 0.357. The van der Waals surface area contributed by atoms with E-state index in [1.165, 1.54) is 49.7 Å². The van der Waals surface area contributed by atoms with Gasteiger partial charge in [0.1, 0.15) is 17.2 Å². The third-order valence-electron chi connectivity index (χ3n) is 6.34. The molecular weight excluding hydrogens is 368 g/mol. The van der Waals surface area contributed by atoms with Gasteiger partial charge < -0.3 is 9.47 Å². The van der Waals surface area contributed by atoms with Gasteiger partial charge in [-0.15, -0.1) is 0 Å². The van der Waals surface area contributed by atoms with E-state index in [9.17, 15) is 0 Å². The molecule has 0 aromatic heterocycles. The maximum absolute atomic E-state index is 6.01. The van der Waals surface area contributed by atoms with E-state index in [0.29, 0.717) is 5.41 Å². The molecule has 0 saturated heterocycles. The van der Waals surface area contributed by atoms with E-state index in [0.717, 1.165) is 30.3 Å². The maximum atomic E-state index is 6.01. The molecule has 0 aliphatic heterocycles. The lowest BCUT2D eigenvalue weighted by Crippen LogP contribution is -2.22. The van der Waals surface area contributed by atoms with Crippen molar-refractivity contribution in [3.05, 3.63) is 90.0 Å². The number of hydrogen-bond acceptors (Lipinski definition) is 2. The van der Waals surface area contributed by atoms with Crippen LogP contribution in [0.15, 0.2) is 78.9 Å². The van der Waals surface area contributed by atoms with Crippen LogP contribution in [0, 0.1) is 0 Å². The smallest absolute Gasteiger partial charge is 0.127 e. The SMILES string of the molecule is CCOc1ccc(C2(CCCc3cccc(Oc4ccccc4)c3)CCCC2)cc1. The zero-order valence-corrected chi connectivity index (χ0v) is 18.0. The summed E-state index contributed by atoms with van der Waals surface area (Å²) in [5.74, 6) is 2.78. The van der Waals surface area contributed by atoms with E-state index in [-0.39, 0.29) is 0 Å². The van der Waals surface area contributed by atoms with Gasteiger partial charge in [-0.1, -0.05) is 55.3 Å². The normalized spacial score (nSPS) is 15.1. The zero-order chi connectivity index (χ0) is 20.7. The van der Waals surface area contributed by atoms with E-state index in [1.807, 2.05) is 43.3 Å². The quantitative estimate of drug-likeness (QED) is 0.366. The molecule has 2 nitrogen and oxygen atoms in total. The fourth-order valence-corrected chi connectivity index (χ4v) is 4.83. The second-order valence-electron chi connectivity index (χ2n) is 8.36. The van der Waals surface area contributed by atoms with Crippen molar-refractivity contribution in [3.63, 3.8) is 0 Å². The van der Waals surface area contributed by atoms with Crippen LogP contribution in [-0.4, -0.2) is 6.61 Å². The number of para-hydroxylation sites is 1. The van der Waals surface area contributed by atoms with Gasteiger partial charge in [0.05, 0.1) is 6.61 Å². The summed E-state index contributed by atoms with van der Waals surface area (Å²) in [6.07, 6.45) is 8.81. The topological polar surface area (TPSA) is 18.5 Å². The monoisotopic (exact) mass is 400 g/mol. The molecule has 0 unspecified atom stereocenters. The van der Waals surface area contributed by atoms with Crippen LogP contribution in [0.2, 0.25) is 0 Å². The van der Waals surface area contributed by atoms with Crippen LogP contribution in [0.5, 0.6) is 17.2 Å². The van der Waals surface area contributed by atoms with E-state index >= 15 is 0 Å². The summed E-state index contributed by atoms with van der Waals surface area (Å²) in [5, 5.41) is 0. The van der Waals surface area contributed by atoms with Crippen LogP contribution >= 0.6 is 0 Å². The predicted molar refractivity (Wildman–Crippen MR) is 124 cm³/mol. The van der Waals surface area contributed by atoms with Crippen LogP contribution in [0.4, 0.5) is 0 Å². The van der Waals surface area contributed by atoms with Crippen LogP contribution < -0.4 is 9.47 Å². The van der Waals surface area contributed by atoms with Crippen molar-refractivity contribution < 1.29 is 9.47 Å². The molecule has 0 radical (unpaired) electrons. The fourth-order valence-electron chi connectivity index (χ4n) is 4.83. The highest BCUT2D eigenvalue weighted by atomic mass is 16.5. The molecule has 0 heterocycles. The number of rotatable bonds is 9. The molecule has 3 aromatic rings. The number of hydrogen-bond donors (Lipinski definition) is 0. The van der Waals surface area contributed by atoms with Crippen molar-refractivity contribution in [1.82, 2.24) is 0 Å². The number of aryl methyl sites for hydroxylation is 1. The van der Waals surface area contributed by atoms with Crippen molar-refractivity contribution in [2.24, 2.45) is 0 Å². The average molecular weight is 401 g/mol. The van der Waals surface area contributed by atoms with Crippen molar-refractivity contribution >= 4 is 0 Å². The highest BCUT2D eigenvalue weighted by molar-refractivity contribution is 5.35. The van der Waals surface area contributed by atoms with Gasteiger partial charge in [0.15, 0.2) is 0 Å². The molecule has 0 spiro atoms. The molecular formula is C28H32O2. The van der Waals surface area contributed by atoms with E-state index in [4.69, 9.17) is 9.47 Å². The highest BCUT2D eigenvalue weighted by Gasteiger charge is 2.34. The van der Waals surface area contributed by atoms with Crippen LogP contribution in [0.25, 0.3) is 0 Å². The number of ether oxygens (including phenoxy) is 2. The Hall–Kier alpha value is -2.74. The second-order valence-corrected chi connectivity index (χ2v) is 8.36. The van der Waals surface area contributed by atoms with Gasteiger partial charge in [-0.25, -0.2) is 0 Å². The van der Waals surface area contributed by atoms with Gasteiger partial charge in [0.2, 0.25) is 0 Å². The summed E-state index contributed by atoms with van der Waals surface area (Å²) in [6, 6.07) is 27.4. The third-order valence-corrected chi connectivity index (χ3v) is 6.34. The van der Waals surface area contributed by atoms with Crippen molar-refractivity contribution in [3.8, 4) is 17.2 Å². The van der Waals surface area contributed by atoms with Crippen molar-refractivity contribution in [2.45, 2.75) is 57.3 Å². The van der Waals surface area contributed by atoms with Crippen molar-refractivity contribution in [1.29, 1.82) is 0 Å². The summed E-state index contributed by atoms with van der Waals surface area (Å²) in [6.45, 7) is 2.75. The largest absolute Gasteiger partial charge is 0.494 e. The lowest BCUT2D eigenvalue weighted by molar-refractivity contribution is 0.339. The molecule has 1 aliphatic rings. The highest BCUT2D eigenvalue weighted by Crippen LogP contribution is 2.45. The molecule has 1 aliphatic carbocycles. The molecule has 0 bridgehead atoms.